The van der Waals surface area contributed by atoms with E-state index in [2.05, 4.69) is 24.6 Å². The first-order valence-electron chi connectivity index (χ1n) is 7.65. The lowest BCUT2D eigenvalue weighted by molar-refractivity contribution is 0.465. The van der Waals surface area contributed by atoms with Crippen molar-refractivity contribution in [1.29, 1.82) is 0 Å². The first kappa shape index (κ1) is 15.0. The van der Waals surface area contributed by atoms with Gasteiger partial charge in [0.25, 0.3) is 0 Å². The number of sulfonamides is 1. The Morgan fingerprint density at radius 2 is 1.96 bits per heavy atom. The van der Waals surface area contributed by atoms with E-state index in [4.69, 9.17) is 5.14 Å². The zero-order chi connectivity index (χ0) is 16.0. The maximum atomic E-state index is 11.4. The first-order chi connectivity index (χ1) is 11.0. The molecule has 2 fully saturated rings. The van der Waals surface area contributed by atoms with E-state index in [9.17, 15) is 8.42 Å². The Morgan fingerprint density at radius 3 is 2.57 bits per heavy atom. The summed E-state index contributed by atoms with van der Waals surface area (Å²) in [6.07, 6.45) is 7.56. The number of rotatable bonds is 4. The standard InChI is InChI=1S/C13H18N6O2S2/c14-23(20,21)11-7-15-13(22-11)18-5-3-9(4-6-18)12-17-16-8-19(12)10-1-2-10/h7-10H,1-6H2,(H2,14,20,21). The van der Waals surface area contributed by atoms with Crippen LogP contribution in [0.4, 0.5) is 5.13 Å². The van der Waals surface area contributed by atoms with Gasteiger partial charge < -0.3 is 9.47 Å². The van der Waals surface area contributed by atoms with Crippen LogP contribution in [-0.2, 0) is 10.0 Å². The van der Waals surface area contributed by atoms with Gasteiger partial charge in [0.15, 0.2) is 9.34 Å². The summed E-state index contributed by atoms with van der Waals surface area (Å²) >= 11 is 1.13. The molecule has 0 amide bonds. The molecule has 2 aliphatic rings. The molecule has 0 unspecified atom stereocenters. The summed E-state index contributed by atoms with van der Waals surface area (Å²) in [4.78, 5) is 6.32. The average Bonchev–Trinajstić information content (AvgIpc) is 3.04. The minimum absolute atomic E-state index is 0.114. The van der Waals surface area contributed by atoms with Gasteiger partial charge in [-0.3, -0.25) is 0 Å². The van der Waals surface area contributed by atoms with Crippen LogP contribution < -0.4 is 10.0 Å². The van der Waals surface area contributed by atoms with E-state index in [1.54, 1.807) is 0 Å². The average molecular weight is 354 g/mol. The van der Waals surface area contributed by atoms with Gasteiger partial charge in [0.1, 0.15) is 12.2 Å². The lowest BCUT2D eigenvalue weighted by atomic mass is 9.96. The molecule has 124 valence electrons. The van der Waals surface area contributed by atoms with Crippen molar-refractivity contribution < 1.29 is 8.42 Å². The van der Waals surface area contributed by atoms with Crippen molar-refractivity contribution in [2.24, 2.45) is 5.14 Å². The Bertz CT molecular complexity index is 802. The van der Waals surface area contributed by atoms with Crippen LogP contribution in [0.5, 0.6) is 0 Å². The largest absolute Gasteiger partial charge is 0.348 e. The van der Waals surface area contributed by atoms with E-state index in [-0.39, 0.29) is 4.21 Å². The van der Waals surface area contributed by atoms with Crippen LogP contribution in [0.25, 0.3) is 0 Å². The second-order valence-corrected chi connectivity index (χ2v) is 8.89. The highest BCUT2D eigenvalue weighted by Crippen LogP contribution is 2.39. The molecule has 2 N–H and O–H groups in total. The molecule has 10 heteroatoms. The van der Waals surface area contributed by atoms with Gasteiger partial charge in [0.05, 0.1) is 6.20 Å². The van der Waals surface area contributed by atoms with Gasteiger partial charge in [0, 0.05) is 25.0 Å². The third kappa shape index (κ3) is 2.98. The Labute approximate surface area is 138 Å². The van der Waals surface area contributed by atoms with Crippen molar-refractivity contribution in [1.82, 2.24) is 19.7 Å². The summed E-state index contributed by atoms with van der Waals surface area (Å²) in [5.74, 6) is 1.50. The predicted octanol–water partition coefficient (Wildman–Crippen LogP) is 1.10. The smallest absolute Gasteiger partial charge is 0.249 e. The third-order valence-corrected chi connectivity index (χ3v) is 6.89. The van der Waals surface area contributed by atoms with Crippen LogP contribution in [0.1, 0.15) is 43.5 Å². The Hall–Kier alpha value is -1.52. The molecular weight excluding hydrogens is 336 g/mol. The Balaban J connectivity index is 1.44. The van der Waals surface area contributed by atoms with Crippen LogP contribution in [0, 0.1) is 0 Å². The number of nitrogens with zero attached hydrogens (tertiary/aromatic N) is 5. The zero-order valence-corrected chi connectivity index (χ0v) is 14.1. The molecule has 3 heterocycles. The molecule has 0 spiro atoms. The van der Waals surface area contributed by atoms with Crippen molar-refractivity contribution in [3.63, 3.8) is 0 Å². The normalized spacial score (nSPS) is 20.1. The quantitative estimate of drug-likeness (QED) is 0.881. The second kappa shape index (κ2) is 5.53. The van der Waals surface area contributed by atoms with Crippen molar-refractivity contribution >= 4 is 26.5 Å². The van der Waals surface area contributed by atoms with Crippen LogP contribution in [0.15, 0.2) is 16.7 Å². The van der Waals surface area contributed by atoms with E-state index in [0.717, 1.165) is 48.2 Å². The third-order valence-electron chi connectivity index (χ3n) is 4.42. The van der Waals surface area contributed by atoms with Crippen LogP contribution in [-0.4, -0.2) is 41.3 Å². The van der Waals surface area contributed by atoms with Crippen LogP contribution in [0.2, 0.25) is 0 Å². The number of piperidine rings is 1. The van der Waals surface area contributed by atoms with Crippen molar-refractivity contribution in [3.8, 4) is 0 Å². The Kier molecular flexibility index (Phi) is 3.62. The van der Waals surface area contributed by atoms with Crippen LogP contribution in [0.3, 0.4) is 0 Å². The highest BCUT2D eigenvalue weighted by Gasteiger charge is 2.31. The number of thiazole rings is 1. The SMILES string of the molecule is NS(=O)(=O)c1cnc(N2CCC(c3nncn3C3CC3)CC2)s1. The lowest BCUT2D eigenvalue weighted by Crippen LogP contribution is -2.33. The van der Waals surface area contributed by atoms with E-state index in [0.29, 0.717) is 12.0 Å². The van der Waals surface area contributed by atoms with Gasteiger partial charge in [-0.1, -0.05) is 11.3 Å². The van der Waals surface area contributed by atoms with E-state index in [1.807, 2.05) is 6.33 Å². The summed E-state index contributed by atoms with van der Waals surface area (Å²) in [5, 5.41) is 14.3. The first-order valence-corrected chi connectivity index (χ1v) is 10.0. The number of hydrogen-bond acceptors (Lipinski definition) is 7. The molecule has 0 atom stereocenters. The molecule has 1 saturated heterocycles. The molecule has 23 heavy (non-hydrogen) atoms. The number of aromatic nitrogens is 4. The molecule has 1 saturated carbocycles. The number of anilines is 1. The fourth-order valence-electron chi connectivity index (χ4n) is 3.04. The second-order valence-electron chi connectivity index (χ2n) is 6.10. The van der Waals surface area contributed by atoms with Crippen molar-refractivity contribution in [3.05, 3.63) is 18.3 Å². The topological polar surface area (TPSA) is 107 Å². The molecule has 2 aromatic rings. The van der Waals surface area contributed by atoms with E-state index < -0.39 is 10.0 Å². The van der Waals surface area contributed by atoms with Crippen molar-refractivity contribution in [2.75, 3.05) is 18.0 Å². The maximum absolute atomic E-state index is 11.4. The number of hydrogen-bond donors (Lipinski definition) is 1. The highest BCUT2D eigenvalue weighted by molar-refractivity contribution is 7.91. The summed E-state index contributed by atoms with van der Waals surface area (Å²) in [6, 6.07) is 0.592. The summed E-state index contributed by atoms with van der Waals surface area (Å²) < 4.78 is 25.0. The van der Waals surface area contributed by atoms with Gasteiger partial charge in [-0.2, -0.15) is 0 Å². The van der Waals surface area contributed by atoms with E-state index in [1.165, 1.54) is 19.0 Å². The van der Waals surface area contributed by atoms with Gasteiger partial charge in [-0.15, -0.1) is 10.2 Å². The van der Waals surface area contributed by atoms with Crippen LogP contribution >= 0.6 is 11.3 Å². The molecule has 4 rings (SSSR count). The van der Waals surface area contributed by atoms with E-state index >= 15 is 0 Å². The summed E-state index contributed by atoms with van der Waals surface area (Å²) in [5.41, 5.74) is 0. The molecular formula is C13H18N6O2S2. The molecule has 2 aromatic heterocycles. The summed E-state index contributed by atoms with van der Waals surface area (Å²) in [7, 11) is -3.67. The fraction of sp³-hybridized carbons (Fsp3) is 0.615. The molecule has 8 nitrogen and oxygen atoms in total. The number of primary sulfonamides is 1. The predicted molar refractivity (Wildman–Crippen MR) is 86.0 cm³/mol. The van der Waals surface area contributed by atoms with Crippen molar-refractivity contribution in [2.45, 2.75) is 41.9 Å². The summed E-state index contributed by atoms with van der Waals surface area (Å²) in [6.45, 7) is 1.67. The van der Waals surface area contributed by atoms with Gasteiger partial charge in [0.2, 0.25) is 10.0 Å². The van der Waals surface area contributed by atoms with Gasteiger partial charge in [-0.05, 0) is 25.7 Å². The minimum atomic E-state index is -3.67. The molecule has 0 bridgehead atoms. The molecule has 1 aliphatic heterocycles. The monoisotopic (exact) mass is 354 g/mol. The molecule has 1 aliphatic carbocycles. The minimum Gasteiger partial charge on any atom is -0.348 e. The van der Waals surface area contributed by atoms with Gasteiger partial charge >= 0.3 is 0 Å². The lowest BCUT2D eigenvalue weighted by Gasteiger charge is -2.31. The molecule has 0 aromatic carbocycles. The van der Waals surface area contributed by atoms with Gasteiger partial charge in [-0.25, -0.2) is 18.5 Å². The zero-order valence-electron chi connectivity index (χ0n) is 12.5. The Morgan fingerprint density at radius 1 is 1.22 bits per heavy atom. The number of nitrogens with two attached hydrogens (primary N) is 1. The fourth-order valence-corrected chi connectivity index (χ4v) is 4.63. The maximum Gasteiger partial charge on any atom is 0.249 e. The highest BCUT2D eigenvalue weighted by atomic mass is 32.2. The molecule has 0 radical (unpaired) electrons.